The lowest BCUT2D eigenvalue weighted by atomic mass is 9.78. The van der Waals surface area contributed by atoms with Crippen LogP contribution in [0.5, 0.6) is 0 Å². The van der Waals surface area contributed by atoms with E-state index >= 15 is 0 Å². The van der Waals surface area contributed by atoms with Gasteiger partial charge in [0.25, 0.3) is 0 Å². The molecule has 8 heteroatoms. The number of aliphatic carboxylic acids is 1. The Hall–Kier alpha value is -1.90. The number of rotatable bonds is 9. The zero-order valence-corrected chi connectivity index (χ0v) is 14.9. The monoisotopic (exact) mass is 378 g/mol. The van der Waals surface area contributed by atoms with E-state index in [1.165, 1.54) is 5.56 Å². The molecule has 0 unspecified atom stereocenters. The minimum absolute atomic E-state index is 0. The first-order valence-electron chi connectivity index (χ1n) is 9.03. The number of carbonyl (C=O) groups is 2. The summed E-state index contributed by atoms with van der Waals surface area (Å²) in [4.78, 5) is 25.6. The first-order valence-corrected chi connectivity index (χ1v) is 9.03. The van der Waals surface area contributed by atoms with E-state index in [9.17, 15) is 14.7 Å². The van der Waals surface area contributed by atoms with Crippen LogP contribution in [-0.4, -0.2) is 57.7 Å². The number of carboxylic acid groups (broad SMARTS) is 1. The van der Waals surface area contributed by atoms with Crippen LogP contribution in [0.25, 0.3) is 0 Å². The largest absolute Gasteiger partial charge is 0.480 e. The van der Waals surface area contributed by atoms with Gasteiger partial charge in [0.05, 0.1) is 0 Å². The molecule has 2 atom stereocenters. The SMILES string of the molecule is C.N[C@@]1(C(=O)O)CN(C(=O)CCCc2ccccc2)C[C@@H]1CCCB(O)O. The maximum absolute atomic E-state index is 12.5. The highest BCUT2D eigenvalue weighted by atomic mass is 16.4. The first-order chi connectivity index (χ1) is 12.3. The fourth-order valence-corrected chi connectivity index (χ4v) is 3.51. The molecule has 0 bridgehead atoms. The number of aryl methyl sites for hydroxylation is 1. The molecule has 0 spiro atoms. The topological polar surface area (TPSA) is 124 Å². The zero-order chi connectivity index (χ0) is 19.2. The summed E-state index contributed by atoms with van der Waals surface area (Å²) in [6.07, 6.45) is 2.90. The molecule has 27 heavy (non-hydrogen) atoms. The van der Waals surface area contributed by atoms with E-state index in [-0.39, 0.29) is 26.2 Å². The van der Waals surface area contributed by atoms with E-state index in [4.69, 9.17) is 15.8 Å². The number of nitrogens with zero attached hydrogens (tertiary/aromatic N) is 1. The summed E-state index contributed by atoms with van der Waals surface area (Å²) in [7, 11) is -1.41. The van der Waals surface area contributed by atoms with E-state index in [2.05, 4.69) is 0 Å². The van der Waals surface area contributed by atoms with Gasteiger partial charge in [0, 0.05) is 25.4 Å². The minimum Gasteiger partial charge on any atom is -0.480 e. The van der Waals surface area contributed by atoms with Crippen molar-refractivity contribution < 1.29 is 24.7 Å². The summed E-state index contributed by atoms with van der Waals surface area (Å²) in [6, 6.07) is 9.90. The van der Waals surface area contributed by atoms with Gasteiger partial charge in [-0.25, -0.2) is 0 Å². The number of likely N-dealkylation sites (tertiary alicyclic amines) is 1. The van der Waals surface area contributed by atoms with Crippen molar-refractivity contribution >= 4 is 19.0 Å². The average Bonchev–Trinajstić information content (AvgIpc) is 2.94. The Kier molecular flexibility index (Phi) is 8.95. The van der Waals surface area contributed by atoms with Crippen LogP contribution < -0.4 is 5.73 Å². The number of amides is 1. The molecule has 1 heterocycles. The van der Waals surface area contributed by atoms with E-state index in [1.54, 1.807) is 4.90 Å². The average molecular weight is 378 g/mol. The van der Waals surface area contributed by atoms with Gasteiger partial charge in [0.2, 0.25) is 5.91 Å². The first kappa shape index (κ1) is 23.1. The highest BCUT2D eigenvalue weighted by molar-refractivity contribution is 6.40. The van der Waals surface area contributed by atoms with Crippen LogP contribution in [0, 0.1) is 5.92 Å². The summed E-state index contributed by atoms with van der Waals surface area (Å²) in [5.74, 6) is -1.59. The number of hydrogen-bond acceptors (Lipinski definition) is 5. The molecule has 0 aliphatic carbocycles. The molecule has 1 amide bonds. The number of benzene rings is 1. The van der Waals surface area contributed by atoms with Crippen molar-refractivity contribution in [3.05, 3.63) is 35.9 Å². The third-order valence-electron chi connectivity index (χ3n) is 5.09. The number of nitrogens with two attached hydrogens (primary N) is 1. The van der Waals surface area contributed by atoms with Gasteiger partial charge < -0.3 is 25.8 Å². The Morgan fingerprint density at radius 1 is 1.22 bits per heavy atom. The van der Waals surface area contributed by atoms with Gasteiger partial charge >= 0.3 is 13.1 Å². The maximum Gasteiger partial charge on any atom is 0.451 e. The smallest absolute Gasteiger partial charge is 0.451 e. The molecular weight excluding hydrogens is 347 g/mol. The molecule has 1 aromatic rings. The van der Waals surface area contributed by atoms with Crippen molar-refractivity contribution in [3.63, 3.8) is 0 Å². The lowest BCUT2D eigenvalue weighted by Gasteiger charge is -2.25. The summed E-state index contributed by atoms with van der Waals surface area (Å²) in [5, 5.41) is 27.4. The number of hydrogen-bond donors (Lipinski definition) is 4. The van der Waals surface area contributed by atoms with E-state index in [1.807, 2.05) is 30.3 Å². The molecule has 1 aliphatic rings. The third-order valence-corrected chi connectivity index (χ3v) is 5.09. The molecule has 0 saturated carbocycles. The second-order valence-electron chi connectivity index (χ2n) is 7.07. The second-order valence-corrected chi connectivity index (χ2v) is 7.07. The Bertz CT molecular complexity index is 613. The standard InChI is InChI=1S/C18H27BN2O5.CH4/c20-18(17(23)24)13-21(12-15(18)9-5-11-19(25)26)16(22)10-4-8-14-6-2-1-3-7-14;/h1-3,6-7,15,25-26H,4-5,8-13,20H2,(H,23,24);1H4/t15-,18-;/m0./s1. The van der Waals surface area contributed by atoms with Gasteiger partial charge in [-0.2, -0.15) is 0 Å². The van der Waals surface area contributed by atoms with Gasteiger partial charge in [-0.15, -0.1) is 0 Å². The zero-order valence-electron chi connectivity index (χ0n) is 14.9. The molecule has 0 aromatic heterocycles. The van der Waals surface area contributed by atoms with Crippen LogP contribution in [0.3, 0.4) is 0 Å². The lowest BCUT2D eigenvalue weighted by molar-refractivity contribution is -0.144. The Labute approximate surface area is 161 Å². The van der Waals surface area contributed by atoms with Crippen LogP contribution in [-0.2, 0) is 16.0 Å². The molecule has 7 nitrogen and oxygen atoms in total. The maximum atomic E-state index is 12.5. The van der Waals surface area contributed by atoms with Crippen LogP contribution in [0.15, 0.2) is 30.3 Å². The van der Waals surface area contributed by atoms with Gasteiger partial charge in [-0.3, -0.25) is 9.59 Å². The lowest BCUT2D eigenvalue weighted by Crippen LogP contribution is -2.55. The van der Waals surface area contributed by atoms with Gasteiger partial charge in [-0.05, 0) is 31.1 Å². The molecular formula is C19H31BN2O5. The molecule has 2 rings (SSSR count). The second kappa shape index (κ2) is 10.4. The molecule has 1 saturated heterocycles. The predicted molar refractivity (Wildman–Crippen MR) is 105 cm³/mol. The molecule has 1 aliphatic heterocycles. The summed E-state index contributed by atoms with van der Waals surface area (Å²) >= 11 is 0. The molecule has 1 aromatic carbocycles. The van der Waals surface area contributed by atoms with Crippen molar-refractivity contribution in [1.82, 2.24) is 4.90 Å². The molecule has 5 N–H and O–H groups in total. The summed E-state index contributed by atoms with van der Waals surface area (Å²) in [6.45, 7) is 0.299. The van der Waals surface area contributed by atoms with Crippen LogP contribution in [0.2, 0.25) is 6.32 Å². The Balaban J connectivity index is 0.00000364. The van der Waals surface area contributed by atoms with Crippen LogP contribution in [0.1, 0.15) is 38.7 Å². The van der Waals surface area contributed by atoms with Crippen LogP contribution in [0.4, 0.5) is 0 Å². The van der Waals surface area contributed by atoms with Crippen molar-refractivity contribution in [2.24, 2.45) is 11.7 Å². The fourth-order valence-electron chi connectivity index (χ4n) is 3.51. The molecule has 0 radical (unpaired) electrons. The molecule has 150 valence electrons. The number of carbonyl (C=O) groups excluding carboxylic acids is 1. The highest BCUT2D eigenvalue weighted by Crippen LogP contribution is 2.31. The van der Waals surface area contributed by atoms with Crippen molar-refractivity contribution in [1.29, 1.82) is 0 Å². The van der Waals surface area contributed by atoms with Crippen molar-refractivity contribution in [2.75, 3.05) is 13.1 Å². The summed E-state index contributed by atoms with van der Waals surface area (Å²) < 4.78 is 0. The fraction of sp³-hybridized carbons (Fsp3) is 0.579. The molecule has 1 fully saturated rings. The van der Waals surface area contributed by atoms with Crippen molar-refractivity contribution in [2.45, 2.75) is 51.4 Å². The van der Waals surface area contributed by atoms with E-state index in [0.29, 0.717) is 32.2 Å². The van der Waals surface area contributed by atoms with Crippen LogP contribution >= 0.6 is 0 Å². The highest BCUT2D eigenvalue weighted by Gasteiger charge is 2.50. The Morgan fingerprint density at radius 3 is 2.48 bits per heavy atom. The predicted octanol–water partition coefficient (Wildman–Crippen LogP) is 1.14. The van der Waals surface area contributed by atoms with E-state index < -0.39 is 24.5 Å². The quantitative estimate of drug-likeness (QED) is 0.478. The minimum atomic E-state index is -1.48. The van der Waals surface area contributed by atoms with Gasteiger partial charge in [-0.1, -0.05) is 44.2 Å². The Morgan fingerprint density at radius 2 is 1.89 bits per heavy atom. The third kappa shape index (κ3) is 6.34. The van der Waals surface area contributed by atoms with Gasteiger partial charge in [0.15, 0.2) is 0 Å². The normalized spacial score (nSPS) is 21.6. The van der Waals surface area contributed by atoms with Crippen molar-refractivity contribution in [3.8, 4) is 0 Å². The summed E-state index contributed by atoms with van der Waals surface area (Å²) in [5.41, 5.74) is 5.78. The van der Waals surface area contributed by atoms with E-state index in [0.717, 1.165) is 6.42 Å². The van der Waals surface area contributed by atoms with Gasteiger partial charge in [0.1, 0.15) is 5.54 Å². The number of carboxylic acids is 1.